The molecule has 1 saturated heterocycles. The van der Waals surface area contributed by atoms with E-state index in [4.69, 9.17) is 15.2 Å². The van der Waals surface area contributed by atoms with Crippen molar-refractivity contribution >= 4 is 0 Å². The van der Waals surface area contributed by atoms with Crippen LogP contribution in [0.5, 0.6) is 0 Å². The Hall–Kier alpha value is -2.48. The van der Waals surface area contributed by atoms with Crippen molar-refractivity contribution in [3.8, 4) is 22.8 Å². The molecule has 0 spiro atoms. The summed E-state index contributed by atoms with van der Waals surface area (Å²) in [5, 5.41) is 14.0. The lowest BCUT2D eigenvalue weighted by atomic mass is 10.1. The number of aromatic nitrogens is 7. The van der Waals surface area contributed by atoms with Gasteiger partial charge in [-0.25, -0.2) is 9.67 Å². The molecule has 0 radical (unpaired) electrons. The fraction of sp³-hybridized carbons (Fsp3) is 0.579. The molecule has 144 valence electrons. The van der Waals surface area contributed by atoms with E-state index in [0.29, 0.717) is 6.04 Å². The number of piperidine rings is 1. The fourth-order valence-electron chi connectivity index (χ4n) is 4.04. The number of likely N-dealkylation sites (tertiary alicyclic amines) is 1. The van der Waals surface area contributed by atoms with Gasteiger partial charge in [-0.05, 0) is 59.8 Å². The van der Waals surface area contributed by atoms with Gasteiger partial charge in [0.05, 0.1) is 17.4 Å². The maximum absolute atomic E-state index is 4.77. The first kappa shape index (κ1) is 17.9. The molecule has 0 aromatic carbocycles. The maximum Gasteiger partial charge on any atom is 0.176 e. The molecular weight excluding hydrogens is 340 g/mol. The Labute approximate surface area is 159 Å². The van der Waals surface area contributed by atoms with Crippen LogP contribution in [0.3, 0.4) is 0 Å². The highest BCUT2D eigenvalue weighted by Crippen LogP contribution is 2.31. The molecule has 27 heavy (non-hydrogen) atoms. The van der Waals surface area contributed by atoms with Crippen LogP contribution in [0.25, 0.3) is 22.8 Å². The van der Waals surface area contributed by atoms with E-state index in [-0.39, 0.29) is 0 Å². The number of rotatable bonds is 3. The van der Waals surface area contributed by atoms with Crippen LogP contribution in [0, 0.1) is 20.8 Å². The zero-order valence-corrected chi connectivity index (χ0v) is 17.1. The first-order valence-corrected chi connectivity index (χ1v) is 9.51. The molecule has 1 fully saturated rings. The normalized spacial score (nSPS) is 16.4. The fourth-order valence-corrected chi connectivity index (χ4v) is 4.04. The third kappa shape index (κ3) is 3.07. The zero-order chi connectivity index (χ0) is 19.3. The minimum absolute atomic E-state index is 0.387. The van der Waals surface area contributed by atoms with E-state index >= 15 is 0 Å². The lowest BCUT2D eigenvalue weighted by molar-refractivity contribution is 0.213. The van der Waals surface area contributed by atoms with Crippen LogP contribution in [0.1, 0.15) is 36.1 Å². The van der Waals surface area contributed by atoms with Gasteiger partial charge < -0.3 is 4.90 Å². The summed E-state index contributed by atoms with van der Waals surface area (Å²) < 4.78 is 5.94. The van der Waals surface area contributed by atoms with E-state index in [9.17, 15) is 0 Å². The highest BCUT2D eigenvalue weighted by Gasteiger charge is 2.25. The zero-order valence-electron chi connectivity index (χ0n) is 17.1. The predicted molar refractivity (Wildman–Crippen MR) is 104 cm³/mol. The Morgan fingerprint density at radius 2 is 1.63 bits per heavy atom. The van der Waals surface area contributed by atoms with Crippen LogP contribution < -0.4 is 0 Å². The van der Waals surface area contributed by atoms with E-state index in [1.165, 1.54) is 0 Å². The standard InChI is InChI=1S/C19H28N8/c1-12-18(13(2)25(5)21-12)16-11-17(26(6)23-16)19-20-14(3)22-27(19)15-7-9-24(4)10-8-15/h11,15H,7-10H2,1-6H3. The average molecular weight is 368 g/mol. The Morgan fingerprint density at radius 1 is 0.926 bits per heavy atom. The van der Waals surface area contributed by atoms with Gasteiger partial charge in [0.15, 0.2) is 5.82 Å². The molecular formula is C19H28N8. The minimum atomic E-state index is 0.387. The van der Waals surface area contributed by atoms with Crippen molar-refractivity contribution in [1.29, 1.82) is 0 Å². The van der Waals surface area contributed by atoms with E-state index in [0.717, 1.165) is 65.9 Å². The summed E-state index contributed by atoms with van der Waals surface area (Å²) in [4.78, 5) is 7.12. The van der Waals surface area contributed by atoms with Gasteiger partial charge in [-0.3, -0.25) is 9.36 Å². The van der Waals surface area contributed by atoms with Crippen LogP contribution in [0.4, 0.5) is 0 Å². The topological polar surface area (TPSA) is 69.6 Å². The molecule has 0 aliphatic carbocycles. The molecule has 1 aliphatic rings. The summed E-state index contributed by atoms with van der Waals surface area (Å²) in [6.45, 7) is 8.25. The first-order chi connectivity index (χ1) is 12.8. The molecule has 0 amide bonds. The van der Waals surface area contributed by atoms with Gasteiger partial charge in [0.1, 0.15) is 11.5 Å². The van der Waals surface area contributed by atoms with Crippen molar-refractivity contribution in [1.82, 2.24) is 39.2 Å². The van der Waals surface area contributed by atoms with E-state index in [1.807, 2.05) is 37.3 Å². The molecule has 1 aliphatic heterocycles. The van der Waals surface area contributed by atoms with Gasteiger partial charge in [0.25, 0.3) is 0 Å². The summed E-state index contributed by atoms with van der Waals surface area (Å²) >= 11 is 0. The van der Waals surface area contributed by atoms with Crippen LogP contribution in [0.2, 0.25) is 0 Å². The van der Waals surface area contributed by atoms with Crippen molar-refractivity contribution in [3.05, 3.63) is 23.3 Å². The Kier molecular flexibility index (Phi) is 4.38. The van der Waals surface area contributed by atoms with Gasteiger partial charge in [0, 0.05) is 25.4 Å². The van der Waals surface area contributed by atoms with Crippen LogP contribution >= 0.6 is 0 Å². The summed E-state index contributed by atoms with van der Waals surface area (Å²) in [5.41, 5.74) is 5.14. The number of hydrogen-bond acceptors (Lipinski definition) is 5. The third-order valence-electron chi connectivity index (χ3n) is 5.65. The molecule has 0 atom stereocenters. The minimum Gasteiger partial charge on any atom is -0.306 e. The first-order valence-electron chi connectivity index (χ1n) is 9.51. The smallest absolute Gasteiger partial charge is 0.176 e. The number of aryl methyl sites for hydroxylation is 4. The van der Waals surface area contributed by atoms with Gasteiger partial charge >= 0.3 is 0 Å². The molecule has 4 heterocycles. The Morgan fingerprint density at radius 3 is 2.26 bits per heavy atom. The monoisotopic (exact) mass is 368 g/mol. The summed E-state index contributed by atoms with van der Waals surface area (Å²) in [6.07, 6.45) is 2.19. The number of nitrogens with zero attached hydrogens (tertiary/aromatic N) is 8. The SMILES string of the molecule is Cc1nc(-c2cc(-c3c(C)nn(C)c3C)nn2C)n(C2CCN(C)CC2)n1. The number of hydrogen-bond donors (Lipinski definition) is 0. The molecule has 3 aromatic heterocycles. The molecule has 8 nitrogen and oxygen atoms in total. The summed E-state index contributed by atoms with van der Waals surface area (Å²) in [7, 11) is 6.12. The average Bonchev–Trinajstić information content (AvgIpc) is 3.25. The molecule has 0 saturated carbocycles. The van der Waals surface area contributed by atoms with Crippen molar-refractivity contribution < 1.29 is 0 Å². The van der Waals surface area contributed by atoms with Gasteiger partial charge in [0.2, 0.25) is 0 Å². The highest BCUT2D eigenvalue weighted by atomic mass is 15.4. The second-order valence-corrected chi connectivity index (χ2v) is 7.67. The summed E-state index contributed by atoms with van der Waals surface area (Å²) in [6, 6.07) is 2.50. The van der Waals surface area contributed by atoms with E-state index < -0.39 is 0 Å². The molecule has 0 N–H and O–H groups in total. The predicted octanol–water partition coefficient (Wildman–Crippen LogP) is 2.27. The van der Waals surface area contributed by atoms with Crippen LogP contribution in [-0.4, -0.2) is 59.4 Å². The van der Waals surface area contributed by atoms with E-state index in [1.54, 1.807) is 0 Å². The van der Waals surface area contributed by atoms with Crippen molar-refractivity contribution in [2.45, 2.75) is 39.7 Å². The molecule has 0 unspecified atom stereocenters. The Bertz CT molecular complexity index is 968. The third-order valence-corrected chi connectivity index (χ3v) is 5.65. The van der Waals surface area contributed by atoms with Gasteiger partial charge in [-0.2, -0.15) is 15.3 Å². The lowest BCUT2D eigenvalue weighted by Gasteiger charge is -2.29. The molecule has 3 aromatic rings. The van der Waals surface area contributed by atoms with Crippen LogP contribution in [-0.2, 0) is 14.1 Å². The second kappa shape index (κ2) is 6.60. The molecule has 0 bridgehead atoms. The van der Waals surface area contributed by atoms with Crippen LogP contribution in [0.15, 0.2) is 6.07 Å². The quantitative estimate of drug-likeness (QED) is 0.709. The van der Waals surface area contributed by atoms with Gasteiger partial charge in [-0.1, -0.05) is 0 Å². The molecule has 4 rings (SSSR count). The van der Waals surface area contributed by atoms with Crippen molar-refractivity contribution in [2.75, 3.05) is 20.1 Å². The largest absolute Gasteiger partial charge is 0.306 e. The van der Waals surface area contributed by atoms with Crippen molar-refractivity contribution in [3.63, 3.8) is 0 Å². The lowest BCUT2D eigenvalue weighted by Crippen LogP contribution is -2.32. The van der Waals surface area contributed by atoms with E-state index in [2.05, 4.69) is 34.7 Å². The second-order valence-electron chi connectivity index (χ2n) is 7.67. The summed E-state index contributed by atoms with van der Waals surface area (Å²) in [5.74, 6) is 1.71. The Balaban J connectivity index is 1.76. The maximum atomic E-state index is 4.77. The van der Waals surface area contributed by atoms with Crippen molar-refractivity contribution in [2.24, 2.45) is 14.1 Å². The van der Waals surface area contributed by atoms with Gasteiger partial charge in [-0.15, -0.1) is 0 Å². The molecule has 8 heteroatoms. The highest BCUT2D eigenvalue weighted by molar-refractivity contribution is 5.69.